The molecule has 0 aliphatic carbocycles. The third-order valence-electron chi connectivity index (χ3n) is 5.43. The maximum Gasteiger partial charge on any atom is 0.288 e. The second-order valence-electron chi connectivity index (χ2n) is 7.89. The average molecular weight is 449 g/mol. The van der Waals surface area contributed by atoms with Crippen molar-refractivity contribution in [2.75, 3.05) is 45.3 Å². The molecule has 1 aliphatic rings. The predicted molar refractivity (Wildman–Crippen MR) is 126 cm³/mol. The third-order valence-corrected chi connectivity index (χ3v) is 5.43. The van der Waals surface area contributed by atoms with E-state index in [0.717, 1.165) is 62.0 Å². The van der Waals surface area contributed by atoms with Gasteiger partial charge >= 0.3 is 0 Å². The van der Waals surface area contributed by atoms with Gasteiger partial charge in [-0.15, -0.1) is 4.98 Å². The van der Waals surface area contributed by atoms with Gasteiger partial charge in [0.15, 0.2) is 17.8 Å². The summed E-state index contributed by atoms with van der Waals surface area (Å²) in [7, 11) is 1.67. The molecule has 1 aliphatic heterocycles. The zero-order valence-electron chi connectivity index (χ0n) is 18.8. The summed E-state index contributed by atoms with van der Waals surface area (Å²) < 4.78 is 11.1. The first kappa shape index (κ1) is 22.7. The van der Waals surface area contributed by atoms with Gasteiger partial charge in [-0.3, -0.25) is 10.00 Å². The Labute approximate surface area is 193 Å². The number of ether oxygens (including phenoxy) is 2. The Morgan fingerprint density at radius 1 is 1.21 bits per heavy atom. The van der Waals surface area contributed by atoms with Crippen LogP contribution in [0.15, 0.2) is 36.7 Å². The van der Waals surface area contributed by atoms with Gasteiger partial charge in [0.25, 0.3) is 5.82 Å². The summed E-state index contributed by atoms with van der Waals surface area (Å²) in [6.45, 7) is 14.6. The molecule has 0 amide bonds. The van der Waals surface area contributed by atoms with Crippen molar-refractivity contribution in [3.05, 3.63) is 53.6 Å². The van der Waals surface area contributed by atoms with E-state index in [9.17, 15) is 0 Å². The van der Waals surface area contributed by atoms with Crippen LogP contribution in [0, 0.1) is 6.57 Å². The van der Waals surface area contributed by atoms with Crippen LogP contribution in [0.4, 0.5) is 17.5 Å². The summed E-state index contributed by atoms with van der Waals surface area (Å²) in [4.78, 5) is 13.8. The topological polar surface area (TPSA) is 105 Å². The molecule has 1 atom stereocenters. The van der Waals surface area contributed by atoms with Crippen molar-refractivity contribution in [2.45, 2.75) is 19.5 Å². The van der Waals surface area contributed by atoms with Crippen molar-refractivity contribution in [1.29, 1.82) is 0 Å². The SMILES string of the molecule is [C-]#[N+]c1cnc(Nc2cc(-c3ccc(CN[C@H](C)CN4CCOCC4)cc3OC)[nH]n2)cn1. The summed E-state index contributed by atoms with van der Waals surface area (Å²) in [5, 5.41) is 14.0. The fourth-order valence-electron chi connectivity index (χ4n) is 3.69. The second kappa shape index (κ2) is 10.9. The van der Waals surface area contributed by atoms with E-state index in [1.54, 1.807) is 7.11 Å². The number of rotatable bonds is 9. The highest BCUT2D eigenvalue weighted by molar-refractivity contribution is 5.71. The lowest BCUT2D eigenvalue weighted by atomic mass is 10.1. The quantitative estimate of drug-likeness (QED) is 0.429. The maximum atomic E-state index is 6.95. The summed E-state index contributed by atoms with van der Waals surface area (Å²) in [6.07, 6.45) is 2.92. The van der Waals surface area contributed by atoms with Gasteiger partial charge in [0.05, 0.1) is 32.2 Å². The van der Waals surface area contributed by atoms with E-state index in [1.807, 2.05) is 18.2 Å². The largest absolute Gasteiger partial charge is 0.496 e. The lowest BCUT2D eigenvalue weighted by Crippen LogP contribution is -2.44. The Morgan fingerprint density at radius 3 is 2.79 bits per heavy atom. The van der Waals surface area contributed by atoms with Crippen LogP contribution < -0.4 is 15.4 Å². The van der Waals surface area contributed by atoms with E-state index in [-0.39, 0.29) is 5.82 Å². The van der Waals surface area contributed by atoms with Gasteiger partial charge in [-0.25, -0.2) is 4.98 Å². The van der Waals surface area contributed by atoms with Crippen molar-refractivity contribution in [3.8, 4) is 17.0 Å². The minimum absolute atomic E-state index is 0.248. The monoisotopic (exact) mass is 448 g/mol. The third kappa shape index (κ3) is 6.04. The summed E-state index contributed by atoms with van der Waals surface area (Å²) in [5.41, 5.74) is 2.88. The molecular weight excluding hydrogens is 420 g/mol. The van der Waals surface area contributed by atoms with E-state index in [1.165, 1.54) is 12.4 Å². The second-order valence-corrected chi connectivity index (χ2v) is 7.89. The van der Waals surface area contributed by atoms with Gasteiger partial charge in [0.2, 0.25) is 0 Å². The van der Waals surface area contributed by atoms with E-state index in [4.69, 9.17) is 16.0 Å². The number of morpholine rings is 1. The van der Waals surface area contributed by atoms with Crippen LogP contribution >= 0.6 is 0 Å². The number of benzene rings is 1. The summed E-state index contributed by atoms with van der Waals surface area (Å²) >= 11 is 0. The molecule has 2 aromatic heterocycles. The van der Waals surface area contributed by atoms with E-state index in [0.29, 0.717) is 17.7 Å². The van der Waals surface area contributed by atoms with Crippen molar-refractivity contribution in [2.24, 2.45) is 0 Å². The molecule has 3 N–H and O–H groups in total. The van der Waals surface area contributed by atoms with Crippen LogP contribution in [0.1, 0.15) is 12.5 Å². The Kier molecular flexibility index (Phi) is 7.47. The molecule has 10 nitrogen and oxygen atoms in total. The van der Waals surface area contributed by atoms with Crippen LogP contribution in [-0.4, -0.2) is 71.1 Å². The number of methoxy groups -OCH3 is 1. The Bertz CT molecular complexity index is 1090. The van der Waals surface area contributed by atoms with Crippen LogP contribution in [0.2, 0.25) is 0 Å². The number of anilines is 2. The molecule has 3 heterocycles. The van der Waals surface area contributed by atoms with Crippen molar-refractivity contribution < 1.29 is 9.47 Å². The molecule has 172 valence electrons. The molecule has 1 saturated heterocycles. The minimum Gasteiger partial charge on any atom is -0.496 e. The highest BCUT2D eigenvalue weighted by atomic mass is 16.5. The highest BCUT2D eigenvalue weighted by Crippen LogP contribution is 2.31. The first-order valence-corrected chi connectivity index (χ1v) is 10.9. The Balaban J connectivity index is 1.37. The van der Waals surface area contributed by atoms with Gasteiger partial charge < -0.3 is 25.0 Å². The van der Waals surface area contributed by atoms with Gasteiger partial charge in [0, 0.05) is 43.9 Å². The molecule has 3 aromatic rings. The van der Waals surface area contributed by atoms with Crippen molar-refractivity contribution >= 4 is 17.5 Å². The predicted octanol–water partition coefficient (Wildman–Crippen LogP) is 2.98. The molecule has 33 heavy (non-hydrogen) atoms. The van der Waals surface area contributed by atoms with Crippen LogP contribution in [0.3, 0.4) is 0 Å². The Morgan fingerprint density at radius 2 is 2.06 bits per heavy atom. The molecule has 0 saturated carbocycles. The number of hydrogen-bond acceptors (Lipinski definition) is 8. The van der Waals surface area contributed by atoms with E-state index in [2.05, 4.69) is 53.5 Å². The molecule has 0 spiro atoms. The first-order chi connectivity index (χ1) is 16.1. The summed E-state index contributed by atoms with van der Waals surface area (Å²) in [5.74, 6) is 2.13. The van der Waals surface area contributed by atoms with E-state index >= 15 is 0 Å². The lowest BCUT2D eigenvalue weighted by molar-refractivity contribution is 0.0343. The molecule has 1 fully saturated rings. The number of H-pyrrole nitrogens is 1. The fraction of sp³-hybridized carbons (Fsp3) is 0.391. The molecule has 0 radical (unpaired) electrons. The van der Waals surface area contributed by atoms with Crippen LogP contribution in [-0.2, 0) is 11.3 Å². The zero-order valence-corrected chi connectivity index (χ0v) is 18.8. The minimum atomic E-state index is 0.248. The molecular formula is C23H28N8O2. The van der Waals surface area contributed by atoms with Crippen molar-refractivity contribution in [1.82, 2.24) is 30.4 Å². The highest BCUT2D eigenvalue weighted by Gasteiger charge is 2.15. The number of nitrogens with zero attached hydrogens (tertiary/aromatic N) is 5. The first-order valence-electron chi connectivity index (χ1n) is 10.9. The fourth-order valence-corrected chi connectivity index (χ4v) is 3.69. The molecule has 0 unspecified atom stereocenters. The van der Waals surface area contributed by atoms with Crippen molar-refractivity contribution in [3.63, 3.8) is 0 Å². The van der Waals surface area contributed by atoms with E-state index < -0.39 is 0 Å². The Hall–Kier alpha value is -3.52. The lowest BCUT2D eigenvalue weighted by Gasteiger charge is -2.29. The molecule has 4 rings (SSSR count). The number of aromatic nitrogens is 4. The zero-order chi connectivity index (χ0) is 23.0. The van der Waals surface area contributed by atoms with Crippen LogP contribution in [0.25, 0.3) is 16.1 Å². The average Bonchev–Trinajstić information content (AvgIpc) is 3.32. The molecule has 10 heteroatoms. The standard InChI is InChI=1S/C23H28N8O2/c1-16(15-31-6-8-33-9-7-31)25-12-17-4-5-18(20(10-17)32-3)19-11-21(30-29-19)28-23-14-26-22(24-2)13-27-23/h4-5,10-11,13-14,16,25H,6-9,12,15H2,1,3H3,(H2,27,28,29,30)/t16-/m1/s1. The number of aromatic amines is 1. The number of hydrogen-bond donors (Lipinski definition) is 3. The van der Waals surface area contributed by atoms with Gasteiger partial charge in [-0.2, -0.15) is 5.10 Å². The summed E-state index contributed by atoms with van der Waals surface area (Å²) in [6, 6.07) is 8.43. The van der Waals surface area contributed by atoms with Gasteiger partial charge in [-0.05, 0) is 24.6 Å². The van der Waals surface area contributed by atoms with Gasteiger partial charge in [0.1, 0.15) is 5.75 Å². The molecule has 1 aromatic carbocycles. The molecule has 0 bridgehead atoms. The van der Waals surface area contributed by atoms with Crippen LogP contribution in [0.5, 0.6) is 5.75 Å². The number of nitrogens with one attached hydrogen (secondary N) is 3. The smallest absolute Gasteiger partial charge is 0.288 e. The maximum absolute atomic E-state index is 6.95. The normalized spacial score (nSPS) is 15.1. The van der Waals surface area contributed by atoms with Gasteiger partial charge in [-0.1, -0.05) is 12.6 Å².